The summed E-state index contributed by atoms with van der Waals surface area (Å²) in [6.45, 7) is 4.21. The van der Waals surface area contributed by atoms with Crippen LogP contribution >= 0.6 is 11.3 Å². The SMILES string of the molecule is C=CCOc1ccccc1OCC(=O)NCc1csc(-c2ccccn2)n1. The lowest BCUT2D eigenvalue weighted by atomic mass is 10.3. The molecule has 0 fully saturated rings. The molecule has 2 heterocycles. The summed E-state index contributed by atoms with van der Waals surface area (Å²) in [4.78, 5) is 20.8. The summed E-state index contributed by atoms with van der Waals surface area (Å²) >= 11 is 1.49. The van der Waals surface area contributed by atoms with Crippen LogP contribution in [0, 0.1) is 0 Å². The third kappa shape index (κ3) is 5.39. The summed E-state index contributed by atoms with van der Waals surface area (Å²) in [7, 11) is 0. The Labute approximate surface area is 161 Å². The molecule has 138 valence electrons. The summed E-state index contributed by atoms with van der Waals surface area (Å²) in [6.07, 6.45) is 3.38. The largest absolute Gasteiger partial charge is 0.486 e. The Balaban J connectivity index is 1.49. The molecular weight excluding hydrogens is 362 g/mol. The normalized spacial score (nSPS) is 10.2. The molecule has 0 saturated carbocycles. The number of thiazole rings is 1. The molecule has 0 spiro atoms. The summed E-state index contributed by atoms with van der Waals surface area (Å²) in [5.74, 6) is 0.853. The van der Waals surface area contributed by atoms with Crippen LogP contribution in [0.2, 0.25) is 0 Å². The van der Waals surface area contributed by atoms with Crippen molar-refractivity contribution in [1.29, 1.82) is 0 Å². The molecule has 3 rings (SSSR count). The maximum atomic E-state index is 12.1. The Hall–Kier alpha value is -3.19. The number of aromatic nitrogens is 2. The van der Waals surface area contributed by atoms with Crippen LogP contribution in [0.1, 0.15) is 5.69 Å². The van der Waals surface area contributed by atoms with Gasteiger partial charge in [-0.2, -0.15) is 0 Å². The zero-order chi connectivity index (χ0) is 18.9. The lowest BCUT2D eigenvalue weighted by molar-refractivity contribution is -0.123. The zero-order valence-electron chi connectivity index (χ0n) is 14.6. The van der Waals surface area contributed by atoms with Gasteiger partial charge in [0.2, 0.25) is 0 Å². The fourth-order valence-electron chi connectivity index (χ4n) is 2.22. The first kappa shape index (κ1) is 18.6. The van der Waals surface area contributed by atoms with Crippen molar-refractivity contribution in [2.24, 2.45) is 0 Å². The number of hydrogen-bond acceptors (Lipinski definition) is 6. The van der Waals surface area contributed by atoms with Gasteiger partial charge in [-0.3, -0.25) is 9.78 Å². The maximum Gasteiger partial charge on any atom is 0.258 e. The lowest BCUT2D eigenvalue weighted by Crippen LogP contribution is -2.28. The van der Waals surface area contributed by atoms with Crippen molar-refractivity contribution >= 4 is 17.2 Å². The number of rotatable bonds is 9. The van der Waals surface area contributed by atoms with E-state index in [4.69, 9.17) is 9.47 Å². The molecule has 1 N–H and O–H groups in total. The molecule has 0 aliphatic rings. The van der Waals surface area contributed by atoms with Gasteiger partial charge in [0.05, 0.1) is 17.9 Å². The second-order valence-corrected chi connectivity index (χ2v) is 6.33. The van der Waals surface area contributed by atoms with Gasteiger partial charge in [-0.25, -0.2) is 4.98 Å². The number of carbonyl (C=O) groups is 1. The molecule has 0 unspecified atom stereocenters. The molecule has 0 radical (unpaired) electrons. The van der Waals surface area contributed by atoms with Crippen LogP contribution in [0.15, 0.2) is 66.7 Å². The van der Waals surface area contributed by atoms with E-state index >= 15 is 0 Å². The molecule has 0 aliphatic carbocycles. The zero-order valence-corrected chi connectivity index (χ0v) is 15.4. The molecule has 6 nitrogen and oxygen atoms in total. The lowest BCUT2D eigenvalue weighted by Gasteiger charge is -2.11. The highest BCUT2D eigenvalue weighted by Gasteiger charge is 2.09. The van der Waals surface area contributed by atoms with E-state index in [0.717, 1.165) is 16.4 Å². The van der Waals surface area contributed by atoms with Crippen molar-refractivity contribution in [2.45, 2.75) is 6.54 Å². The predicted molar refractivity (Wildman–Crippen MR) is 105 cm³/mol. The summed E-state index contributed by atoms with van der Waals surface area (Å²) < 4.78 is 11.1. The standard InChI is InChI=1S/C20H19N3O3S/c1-2-11-25-17-8-3-4-9-18(17)26-13-19(24)22-12-15-14-27-20(23-15)16-7-5-6-10-21-16/h2-10,14H,1,11-13H2,(H,22,24). The van der Waals surface area contributed by atoms with Crippen molar-refractivity contribution in [3.63, 3.8) is 0 Å². The van der Waals surface area contributed by atoms with Gasteiger partial charge in [0.25, 0.3) is 5.91 Å². The number of nitrogens with one attached hydrogen (secondary N) is 1. The Bertz CT molecular complexity index is 896. The van der Waals surface area contributed by atoms with Crippen LogP contribution in [0.3, 0.4) is 0 Å². The number of nitrogens with zero attached hydrogens (tertiary/aromatic N) is 2. The van der Waals surface area contributed by atoms with Gasteiger partial charge < -0.3 is 14.8 Å². The minimum absolute atomic E-state index is 0.105. The topological polar surface area (TPSA) is 73.3 Å². The number of ether oxygens (including phenoxy) is 2. The van der Waals surface area contributed by atoms with Crippen LogP contribution in [0.5, 0.6) is 11.5 Å². The Morgan fingerprint density at radius 2 is 1.93 bits per heavy atom. The molecule has 27 heavy (non-hydrogen) atoms. The Morgan fingerprint density at radius 3 is 2.67 bits per heavy atom. The second kappa shape index (κ2) is 9.49. The van der Waals surface area contributed by atoms with Crippen LogP contribution in [0.25, 0.3) is 10.7 Å². The van der Waals surface area contributed by atoms with Gasteiger partial charge in [0, 0.05) is 11.6 Å². The average molecular weight is 381 g/mol. The van der Waals surface area contributed by atoms with Gasteiger partial charge in [-0.1, -0.05) is 30.9 Å². The van der Waals surface area contributed by atoms with Crippen LogP contribution in [-0.2, 0) is 11.3 Å². The molecule has 1 amide bonds. The molecule has 0 aliphatic heterocycles. The molecule has 0 saturated heterocycles. The maximum absolute atomic E-state index is 12.1. The first-order valence-corrected chi connectivity index (χ1v) is 9.22. The minimum Gasteiger partial charge on any atom is -0.486 e. The van der Waals surface area contributed by atoms with Crippen molar-refractivity contribution in [3.8, 4) is 22.2 Å². The van der Waals surface area contributed by atoms with E-state index in [1.165, 1.54) is 11.3 Å². The molecule has 1 aromatic carbocycles. The number of benzene rings is 1. The second-order valence-electron chi connectivity index (χ2n) is 5.47. The fourth-order valence-corrected chi connectivity index (χ4v) is 3.01. The first-order chi connectivity index (χ1) is 13.3. The van der Waals surface area contributed by atoms with Crippen molar-refractivity contribution in [1.82, 2.24) is 15.3 Å². The van der Waals surface area contributed by atoms with E-state index in [9.17, 15) is 4.79 Å². The number of para-hydroxylation sites is 2. The van der Waals surface area contributed by atoms with E-state index in [0.29, 0.717) is 24.7 Å². The quantitative estimate of drug-likeness (QED) is 0.575. The molecule has 2 aromatic heterocycles. The monoisotopic (exact) mass is 381 g/mol. The molecule has 0 atom stereocenters. The van der Waals surface area contributed by atoms with Gasteiger partial charge in [-0.05, 0) is 24.3 Å². The number of carbonyl (C=O) groups excluding carboxylic acids is 1. The average Bonchev–Trinajstić information content (AvgIpc) is 3.19. The van der Waals surface area contributed by atoms with E-state index in [2.05, 4.69) is 21.9 Å². The minimum atomic E-state index is -0.235. The Kier molecular flexibility index (Phi) is 6.54. The predicted octanol–water partition coefficient (Wildman–Crippen LogP) is 3.47. The van der Waals surface area contributed by atoms with Crippen LogP contribution in [0.4, 0.5) is 0 Å². The van der Waals surface area contributed by atoms with Gasteiger partial charge in [0.15, 0.2) is 18.1 Å². The molecule has 0 bridgehead atoms. The van der Waals surface area contributed by atoms with Crippen molar-refractivity contribution in [3.05, 3.63) is 72.4 Å². The van der Waals surface area contributed by atoms with E-state index in [1.54, 1.807) is 24.4 Å². The van der Waals surface area contributed by atoms with E-state index in [1.807, 2.05) is 35.7 Å². The Morgan fingerprint density at radius 1 is 1.15 bits per heavy atom. The number of amides is 1. The highest BCUT2D eigenvalue weighted by Crippen LogP contribution is 2.26. The van der Waals surface area contributed by atoms with Gasteiger partial charge in [0.1, 0.15) is 11.6 Å². The molecule has 7 heteroatoms. The summed E-state index contributed by atoms with van der Waals surface area (Å²) in [6, 6.07) is 12.9. The summed E-state index contributed by atoms with van der Waals surface area (Å²) in [5.41, 5.74) is 1.60. The van der Waals surface area contributed by atoms with Crippen molar-refractivity contribution in [2.75, 3.05) is 13.2 Å². The van der Waals surface area contributed by atoms with E-state index < -0.39 is 0 Å². The van der Waals surface area contributed by atoms with Gasteiger partial charge in [-0.15, -0.1) is 11.3 Å². The number of hydrogen-bond donors (Lipinski definition) is 1. The third-order valence-electron chi connectivity index (χ3n) is 3.47. The fraction of sp³-hybridized carbons (Fsp3) is 0.150. The molecular formula is C20H19N3O3S. The summed E-state index contributed by atoms with van der Waals surface area (Å²) in [5, 5.41) is 5.53. The highest BCUT2D eigenvalue weighted by molar-refractivity contribution is 7.13. The molecule has 3 aromatic rings. The van der Waals surface area contributed by atoms with Crippen molar-refractivity contribution < 1.29 is 14.3 Å². The highest BCUT2D eigenvalue weighted by atomic mass is 32.1. The number of pyridine rings is 1. The smallest absolute Gasteiger partial charge is 0.258 e. The first-order valence-electron chi connectivity index (χ1n) is 8.34. The van der Waals surface area contributed by atoms with Crippen LogP contribution in [-0.4, -0.2) is 29.1 Å². The van der Waals surface area contributed by atoms with Gasteiger partial charge >= 0.3 is 0 Å². The third-order valence-corrected chi connectivity index (χ3v) is 4.38. The van der Waals surface area contributed by atoms with E-state index in [-0.39, 0.29) is 12.5 Å². The van der Waals surface area contributed by atoms with Crippen LogP contribution < -0.4 is 14.8 Å².